The van der Waals surface area contributed by atoms with Gasteiger partial charge in [0.1, 0.15) is 17.4 Å². The smallest absolute Gasteiger partial charge is 0.419 e. The molecule has 3 nitrogen and oxygen atoms in total. The lowest BCUT2D eigenvalue weighted by Gasteiger charge is -2.26. The first kappa shape index (κ1) is 27.8. The Hall–Kier alpha value is -2.75. The number of ether oxygens (including phenoxy) is 1. The molecule has 4 aromatic rings. The van der Waals surface area contributed by atoms with E-state index in [0.717, 1.165) is 35.9 Å². The quantitative estimate of drug-likeness (QED) is 0.163. The maximum atomic E-state index is 14.5. The number of aromatic nitrogens is 2. The summed E-state index contributed by atoms with van der Waals surface area (Å²) in [5, 5.41) is 1.02. The highest BCUT2D eigenvalue weighted by Gasteiger charge is 2.36. The zero-order valence-corrected chi connectivity index (χ0v) is 22.8. The third-order valence-electron chi connectivity index (χ3n) is 6.69. The Morgan fingerprint density at radius 3 is 2.54 bits per heavy atom. The van der Waals surface area contributed by atoms with Gasteiger partial charge in [0.15, 0.2) is 5.16 Å². The minimum atomic E-state index is -4.89. The first-order chi connectivity index (χ1) is 18.6. The molecule has 1 heterocycles. The molecule has 0 radical (unpaired) electrons. The van der Waals surface area contributed by atoms with Gasteiger partial charge < -0.3 is 4.74 Å². The average Bonchev–Trinajstić information content (AvgIpc) is 3.27. The number of imidazole rings is 1. The Bertz CT molecular complexity index is 1520. The van der Waals surface area contributed by atoms with Crippen molar-refractivity contribution >= 4 is 35.0 Å². The van der Waals surface area contributed by atoms with Crippen LogP contribution in [0.4, 0.5) is 22.0 Å². The van der Waals surface area contributed by atoms with Crippen molar-refractivity contribution in [3.05, 3.63) is 104 Å². The van der Waals surface area contributed by atoms with Gasteiger partial charge in [-0.3, -0.25) is 4.57 Å². The highest BCUT2D eigenvalue weighted by molar-refractivity contribution is 7.98. The van der Waals surface area contributed by atoms with Crippen molar-refractivity contribution in [2.24, 2.45) is 0 Å². The van der Waals surface area contributed by atoms with Crippen molar-refractivity contribution in [1.29, 1.82) is 0 Å². The lowest BCUT2D eigenvalue weighted by atomic mass is 9.84. The van der Waals surface area contributed by atoms with Gasteiger partial charge in [0.25, 0.3) is 0 Å². The number of aryl methyl sites for hydroxylation is 1. The highest BCUT2D eigenvalue weighted by atomic mass is 35.5. The molecular formula is C28H21Cl2F5N2OS. The molecule has 0 fully saturated rings. The molecule has 39 heavy (non-hydrogen) atoms. The number of thioether (sulfide) groups is 1. The number of hydrogen-bond donors (Lipinski definition) is 0. The van der Waals surface area contributed by atoms with Gasteiger partial charge in [0.2, 0.25) is 0 Å². The van der Waals surface area contributed by atoms with Gasteiger partial charge in [-0.2, -0.15) is 13.2 Å². The molecule has 0 aliphatic heterocycles. The zero-order valence-electron chi connectivity index (χ0n) is 20.5. The fraction of sp³-hybridized carbons (Fsp3) is 0.250. The molecule has 1 atom stereocenters. The van der Waals surface area contributed by atoms with Gasteiger partial charge >= 0.3 is 6.18 Å². The Morgan fingerprint density at radius 2 is 1.82 bits per heavy atom. The SMILES string of the molecule is COc1cc(C2CCCc3nc(SCc4c(F)cccc4Cl)n(-c4ccc(F)c(C(F)(F)F)c4)c32)ccc1Cl. The summed E-state index contributed by atoms with van der Waals surface area (Å²) in [6, 6.07) is 12.6. The monoisotopic (exact) mass is 598 g/mol. The average molecular weight is 599 g/mol. The Kier molecular flexibility index (Phi) is 7.86. The molecule has 1 aliphatic carbocycles. The van der Waals surface area contributed by atoms with E-state index in [1.54, 1.807) is 22.8 Å². The summed E-state index contributed by atoms with van der Waals surface area (Å²) in [5.74, 6) is -1.55. The van der Waals surface area contributed by atoms with Crippen LogP contribution in [-0.4, -0.2) is 16.7 Å². The molecule has 0 saturated heterocycles. The molecule has 0 spiro atoms. The third-order valence-corrected chi connectivity index (χ3v) is 8.32. The molecule has 0 N–H and O–H groups in total. The fourth-order valence-electron chi connectivity index (χ4n) is 4.85. The number of hydrogen-bond acceptors (Lipinski definition) is 3. The van der Waals surface area contributed by atoms with Crippen LogP contribution >= 0.6 is 35.0 Å². The van der Waals surface area contributed by atoms with Crippen molar-refractivity contribution in [2.75, 3.05) is 7.11 Å². The second kappa shape index (κ2) is 11.0. The first-order valence-electron chi connectivity index (χ1n) is 12.0. The fourth-order valence-corrected chi connectivity index (χ4v) is 6.42. The van der Waals surface area contributed by atoms with E-state index in [1.165, 1.54) is 25.3 Å². The summed E-state index contributed by atoms with van der Waals surface area (Å²) < 4.78 is 76.8. The van der Waals surface area contributed by atoms with Crippen LogP contribution in [0.1, 0.15) is 46.8 Å². The standard InChI is InChI=1S/C28H21Cl2F5N2OS/c1-38-25-12-15(8-10-21(25)30)17-4-2-7-24-26(17)37(16-9-11-23(32)19(13-16)28(33,34)35)27(36-24)39-14-18-20(29)5-3-6-22(18)31/h3,5-6,8-13,17H,2,4,7,14H2,1H3. The number of alkyl halides is 3. The van der Waals surface area contributed by atoms with Crippen molar-refractivity contribution in [1.82, 2.24) is 9.55 Å². The van der Waals surface area contributed by atoms with Crippen molar-refractivity contribution in [2.45, 2.75) is 42.3 Å². The number of nitrogens with zero attached hydrogens (tertiary/aromatic N) is 2. The molecule has 0 bridgehead atoms. The summed E-state index contributed by atoms with van der Waals surface area (Å²) in [6.07, 6.45) is -2.80. The lowest BCUT2D eigenvalue weighted by molar-refractivity contribution is -0.140. The zero-order chi connectivity index (χ0) is 27.9. The van der Waals surface area contributed by atoms with E-state index in [0.29, 0.717) is 40.2 Å². The molecule has 11 heteroatoms. The number of halogens is 7. The summed E-state index contributed by atoms with van der Waals surface area (Å²) in [5.41, 5.74) is 1.23. The topological polar surface area (TPSA) is 27.1 Å². The highest BCUT2D eigenvalue weighted by Crippen LogP contribution is 2.44. The summed E-state index contributed by atoms with van der Waals surface area (Å²) in [7, 11) is 1.50. The normalized spacial score (nSPS) is 15.3. The van der Waals surface area contributed by atoms with Crippen LogP contribution in [0.25, 0.3) is 5.69 Å². The molecule has 204 valence electrons. The minimum Gasteiger partial charge on any atom is -0.495 e. The molecule has 3 aromatic carbocycles. The maximum absolute atomic E-state index is 14.5. The van der Waals surface area contributed by atoms with Gasteiger partial charge in [-0.25, -0.2) is 13.8 Å². The van der Waals surface area contributed by atoms with E-state index in [2.05, 4.69) is 0 Å². The minimum absolute atomic E-state index is 0.0914. The van der Waals surface area contributed by atoms with Gasteiger partial charge in [-0.1, -0.05) is 47.1 Å². The van der Waals surface area contributed by atoms with Gasteiger partial charge in [-0.15, -0.1) is 0 Å². The Balaban J connectivity index is 1.68. The van der Waals surface area contributed by atoms with Crippen LogP contribution < -0.4 is 4.74 Å². The van der Waals surface area contributed by atoms with E-state index in [1.807, 2.05) is 6.07 Å². The first-order valence-corrected chi connectivity index (χ1v) is 13.7. The second-order valence-electron chi connectivity index (χ2n) is 9.05. The van der Waals surface area contributed by atoms with E-state index < -0.39 is 23.4 Å². The van der Waals surface area contributed by atoms with Gasteiger partial charge in [-0.05, 0) is 67.3 Å². The van der Waals surface area contributed by atoms with E-state index in [4.69, 9.17) is 32.9 Å². The lowest BCUT2D eigenvalue weighted by Crippen LogP contribution is -2.16. The molecule has 1 aromatic heterocycles. The third kappa shape index (κ3) is 5.49. The predicted molar refractivity (Wildman–Crippen MR) is 142 cm³/mol. The number of benzene rings is 3. The molecular weight excluding hydrogens is 578 g/mol. The van der Waals surface area contributed by atoms with Crippen molar-refractivity contribution < 1.29 is 26.7 Å². The largest absolute Gasteiger partial charge is 0.495 e. The number of fused-ring (bicyclic) bond motifs is 1. The van der Waals surface area contributed by atoms with Crippen molar-refractivity contribution in [3.63, 3.8) is 0 Å². The van der Waals surface area contributed by atoms with Crippen LogP contribution in [-0.2, 0) is 18.3 Å². The van der Waals surface area contributed by atoms with E-state index in [9.17, 15) is 22.0 Å². The molecule has 5 rings (SSSR count). The second-order valence-corrected chi connectivity index (χ2v) is 10.8. The van der Waals surface area contributed by atoms with E-state index >= 15 is 0 Å². The van der Waals surface area contributed by atoms with Crippen LogP contribution in [0.3, 0.4) is 0 Å². The maximum Gasteiger partial charge on any atom is 0.419 e. The Morgan fingerprint density at radius 1 is 1.03 bits per heavy atom. The summed E-state index contributed by atoms with van der Waals surface area (Å²) >= 11 is 13.6. The summed E-state index contributed by atoms with van der Waals surface area (Å²) in [6.45, 7) is 0. The number of rotatable bonds is 6. The molecule has 1 aliphatic rings. The Labute approximate surface area is 235 Å². The van der Waals surface area contributed by atoms with Crippen LogP contribution in [0.2, 0.25) is 10.0 Å². The van der Waals surface area contributed by atoms with Crippen LogP contribution in [0.5, 0.6) is 5.75 Å². The van der Waals surface area contributed by atoms with Crippen molar-refractivity contribution in [3.8, 4) is 11.4 Å². The van der Waals surface area contributed by atoms with Gasteiger partial charge in [0.05, 0.1) is 29.1 Å². The summed E-state index contributed by atoms with van der Waals surface area (Å²) in [4.78, 5) is 4.78. The van der Waals surface area contributed by atoms with Crippen LogP contribution in [0.15, 0.2) is 59.8 Å². The molecule has 0 saturated carbocycles. The van der Waals surface area contributed by atoms with Gasteiger partial charge in [0, 0.05) is 27.9 Å². The number of methoxy groups -OCH3 is 1. The van der Waals surface area contributed by atoms with Crippen LogP contribution in [0, 0.1) is 11.6 Å². The van der Waals surface area contributed by atoms with E-state index in [-0.39, 0.29) is 27.9 Å². The molecule has 0 amide bonds. The predicted octanol–water partition coefficient (Wildman–Crippen LogP) is 9.25. The molecule has 1 unspecified atom stereocenters.